The van der Waals surface area contributed by atoms with E-state index >= 15 is 0 Å². The molecule has 1 aromatic carbocycles. The zero-order valence-corrected chi connectivity index (χ0v) is 14.2. The number of rotatable bonds is 3. The molecular weight excluding hydrogens is 314 g/mol. The third-order valence-electron chi connectivity index (χ3n) is 4.80. The first-order valence-corrected chi connectivity index (χ1v) is 8.48. The van der Waals surface area contributed by atoms with Crippen LogP contribution in [0.4, 0.5) is 0 Å². The van der Waals surface area contributed by atoms with Gasteiger partial charge in [0.1, 0.15) is 0 Å². The molecule has 1 amide bonds. The first-order valence-electron chi connectivity index (χ1n) is 8.48. The summed E-state index contributed by atoms with van der Waals surface area (Å²) in [6, 6.07) is 8.89. The van der Waals surface area contributed by atoms with Crippen LogP contribution in [-0.4, -0.2) is 39.9 Å². The zero-order valence-electron chi connectivity index (χ0n) is 14.2. The number of aromatic nitrogens is 2. The fourth-order valence-corrected chi connectivity index (χ4v) is 3.44. The molecule has 0 radical (unpaired) electrons. The molecule has 0 unspecified atom stereocenters. The normalized spacial score (nSPS) is 20.1. The average molecular weight is 335 g/mol. The van der Waals surface area contributed by atoms with E-state index < -0.39 is 0 Å². The molecule has 25 heavy (non-hydrogen) atoms. The molecule has 2 aromatic rings. The summed E-state index contributed by atoms with van der Waals surface area (Å²) in [6.07, 6.45) is 5.30. The van der Waals surface area contributed by atoms with Crippen LogP contribution in [0.15, 0.2) is 36.7 Å². The molecule has 6 heteroatoms. The first-order chi connectivity index (χ1) is 12.2. The van der Waals surface area contributed by atoms with E-state index in [0.717, 1.165) is 12.8 Å². The Hall–Kier alpha value is -2.78. The van der Waals surface area contributed by atoms with Crippen LogP contribution in [0.5, 0.6) is 0 Å². The van der Waals surface area contributed by atoms with E-state index in [1.165, 1.54) is 0 Å². The molecule has 0 saturated carbocycles. The van der Waals surface area contributed by atoms with Crippen molar-refractivity contribution in [1.29, 1.82) is 5.26 Å². The van der Waals surface area contributed by atoms with E-state index in [2.05, 4.69) is 23.0 Å². The second kappa shape index (κ2) is 7.41. The standard InChI is InChI=1S/C19H21N5O/c1-13-4-2-9-24(17(13)12-21)19(25)16-10-14(11-20)5-6-15(16)18-22-7-3-8-23-18/h3,5-8,10,13,17H,2,4,9,12,21H2,1H3/t13-,17-/m1/s1. The summed E-state index contributed by atoms with van der Waals surface area (Å²) in [5.74, 6) is 0.726. The summed E-state index contributed by atoms with van der Waals surface area (Å²) in [5.41, 5.74) is 7.47. The molecule has 2 heterocycles. The topological polar surface area (TPSA) is 95.9 Å². The fraction of sp³-hybridized carbons (Fsp3) is 0.368. The van der Waals surface area contributed by atoms with Crippen molar-refractivity contribution in [1.82, 2.24) is 14.9 Å². The van der Waals surface area contributed by atoms with Gasteiger partial charge < -0.3 is 10.6 Å². The number of carbonyl (C=O) groups excluding carboxylic acids is 1. The van der Waals surface area contributed by atoms with E-state index in [1.54, 1.807) is 36.7 Å². The van der Waals surface area contributed by atoms with Gasteiger partial charge in [-0.25, -0.2) is 9.97 Å². The van der Waals surface area contributed by atoms with Crippen LogP contribution < -0.4 is 5.73 Å². The summed E-state index contributed by atoms with van der Waals surface area (Å²) >= 11 is 0. The number of hydrogen-bond donors (Lipinski definition) is 1. The maximum Gasteiger partial charge on any atom is 0.254 e. The van der Waals surface area contributed by atoms with Gasteiger partial charge in [-0.1, -0.05) is 6.92 Å². The number of amides is 1. The summed E-state index contributed by atoms with van der Waals surface area (Å²) < 4.78 is 0. The van der Waals surface area contributed by atoms with Crippen molar-refractivity contribution in [3.05, 3.63) is 47.8 Å². The van der Waals surface area contributed by atoms with Crippen molar-refractivity contribution in [2.45, 2.75) is 25.8 Å². The van der Waals surface area contributed by atoms with E-state index in [1.807, 2.05) is 4.90 Å². The lowest BCUT2D eigenvalue weighted by Crippen LogP contribution is -2.51. The number of nitrogens with zero attached hydrogens (tertiary/aromatic N) is 4. The van der Waals surface area contributed by atoms with Gasteiger partial charge in [0.15, 0.2) is 5.82 Å². The van der Waals surface area contributed by atoms with Crippen LogP contribution in [0.2, 0.25) is 0 Å². The molecule has 1 aliphatic rings. The summed E-state index contributed by atoms with van der Waals surface area (Å²) in [5, 5.41) is 9.23. The van der Waals surface area contributed by atoms with Crippen molar-refractivity contribution in [2.24, 2.45) is 11.7 Å². The SMILES string of the molecule is C[C@@H]1CCCN(C(=O)c2cc(C#N)ccc2-c2ncccn2)[C@@H]1CN. The second-order valence-electron chi connectivity index (χ2n) is 6.37. The van der Waals surface area contributed by atoms with Crippen molar-refractivity contribution < 1.29 is 4.79 Å². The molecular formula is C19H21N5O. The maximum absolute atomic E-state index is 13.3. The van der Waals surface area contributed by atoms with Crippen LogP contribution in [-0.2, 0) is 0 Å². The minimum absolute atomic E-state index is 0.0107. The monoisotopic (exact) mass is 335 g/mol. The lowest BCUT2D eigenvalue weighted by Gasteiger charge is -2.39. The minimum atomic E-state index is -0.110. The van der Waals surface area contributed by atoms with E-state index in [0.29, 0.717) is 41.5 Å². The van der Waals surface area contributed by atoms with Gasteiger partial charge >= 0.3 is 0 Å². The number of piperidine rings is 1. The Labute approximate surface area is 147 Å². The van der Waals surface area contributed by atoms with Gasteiger partial charge in [0, 0.05) is 37.1 Å². The van der Waals surface area contributed by atoms with Crippen LogP contribution in [0.1, 0.15) is 35.7 Å². The highest BCUT2D eigenvalue weighted by molar-refractivity contribution is 6.00. The molecule has 1 fully saturated rings. The predicted octanol–water partition coefficient (Wildman–Crippen LogP) is 2.21. The molecule has 0 aliphatic carbocycles. The van der Waals surface area contributed by atoms with E-state index in [-0.39, 0.29) is 11.9 Å². The van der Waals surface area contributed by atoms with Crippen LogP contribution in [0, 0.1) is 17.2 Å². The second-order valence-corrected chi connectivity index (χ2v) is 6.37. The van der Waals surface area contributed by atoms with Crippen molar-refractivity contribution in [2.75, 3.05) is 13.1 Å². The number of carbonyl (C=O) groups is 1. The first kappa shape index (κ1) is 17.1. The lowest BCUT2D eigenvalue weighted by atomic mass is 9.89. The molecule has 0 bridgehead atoms. The van der Waals surface area contributed by atoms with Crippen molar-refractivity contribution in [3.63, 3.8) is 0 Å². The Kier molecular flexibility index (Phi) is 5.05. The molecule has 1 aliphatic heterocycles. The molecule has 0 spiro atoms. The third-order valence-corrected chi connectivity index (χ3v) is 4.80. The quantitative estimate of drug-likeness (QED) is 0.928. The van der Waals surface area contributed by atoms with Crippen molar-refractivity contribution >= 4 is 5.91 Å². The summed E-state index contributed by atoms with van der Waals surface area (Å²) in [4.78, 5) is 23.6. The summed E-state index contributed by atoms with van der Waals surface area (Å²) in [7, 11) is 0. The Morgan fingerprint density at radius 1 is 1.40 bits per heavy atom. The third kappa shape index (κ3) is 3.37. The molecule has 2 N–H and O–H groups in total. The molecule has 6 nitrogen and oxygen atoms in total. The molecule has 1 aromatic heterocycles. The maximum atomic E-state index is 13.3. The Morgan fingerprint density at radius 3 is 2.84 bits per heavy atom. The van der Waals surface area contributed by atoms with Gasteiger partial charge in [-0.05, 0) is 43.0 Å². The van der Waals surface area contributed by atoms with Gasteiger partial charge in [0.2, 0.25) is 0 Å². The van der Waals surface area contributed by atoms with Crippen LogP contribution >= 0.6 is 0 Å². The largest absolute Gasteiger partial charge is 0.334 e. The molecule has 128 valence electrons. The number of likely N-dealkylation sites (tertiary alicyclic amines) is 1. The summed E-state index contributed by atoms with van der Waals surface area (Å²) in [6.45, 7) is 3.24. The number of benzene rings is 1. The van der Waals surface area contributed by atoms with E-state index in [9.17, 15) is 10.1 Å². The van der Waals surface area contributed by atoms with Gasteiger partial charge in [-0.15, -0.1) is 0 Å². The highest BCUT2D eigenvalue weighted by Crippen LogP contribution is 2.28. The highest BCUT2D eigenvalue weighted by atomic mass is 16.2. The van der Waals surface area contributed by atoms with Gasteiger partial charge in [0.25, 0.3) is 5.91 Å². The van der Waals surface area contributed by atoms with Gasteiger partial charge in [-0.3, -0.25) is 4.79 Å². The molecule has 2 atom stereocenters. The number of nitrogens with two attached hydrogens (primary N) is 1. The van der Waals surface area contributed by atoms with Crippen molar-refractivity contribution in [3.8, 4) is 17.5 Å². The van der Waals surface area contributed by atoms with Crippen LogP contribution in [0.25, 0.3) is 11.4 Å². The Bertz CT molecular complexity index is 799. The smallest absolute Gasteiger partial charge is 0.254 e. The van der Waals surface area contributed by atoms with E-state index in [4.69, 9.17) is 5.73 Å². The van der Waals surface area contributed by atoms with Gasteiger partial charge in [0.05, 0.1) is 17.2 Å². The minimum Gasteiger partial charge on any atom is -0.334 e. The zero-order chi connectivity index (χ0) is 17.8. The van der Waals surface area contributed by atoms with Crippen LogP contribution in [0.3, 0.4) is 0 Å². The predicted molar refractivity (Wildman–Crippen MR) is 94.5 cm³/mol. The molecule has 1 saturated heterocycles. The van der Waals surface area contributed by atoms with Gasteiger partial charge in [-0.2, -0.15) is 5.26 Å². The Morgan fingerprint density at radius 2 is 2.16 bits per heavy atom. The molecule has 3 rings (SSSR count). The fourth-order valence-electron chi connectivity index (χ4n) is 3.44. The number of nitriles is 1. The average Bonchev–Trinajstić information content (AvgIpc) is 2.67. The highest BCUT2D eigenvalue weighted by Gasteiger charge is 2.32. The number of hydrogen-bond acceptors (Lipinski definition) is 5. The Balaban J connectivity index is 2.05. The lowest BCUT2D eigenvalue weighted by molar-refractivity contribution is 0.0533.